The van der Waals surface area contributed by atoms with Gasteiger partial charge >= 0.3 is 12.1 Å². The quantitative estimate of drug-likeness (QED) is 0.603. The van der Waals surface area contributed by atoms with Crippen molar-refractivity contribution in [3.05, 3.63) is 48.6 Å². The Bertz CT molecular complexity index is 576. The molecule has 1 saturated heterocycles. The van der Waals surface area contributed by atoms with E-state index >= 15 is 0 Å². The molecule has 1 atom stereocenters. The summed E-state index contributed by atoms with van der Waals surface area (Å²) in [5, 5.41) is 9.49. The normalized spacial score (nSPS) is 20.4. The van der Waals surface area contributed by atoms with E-state index < -0.39 is 17.7 Å². The number of amides is 1. The number of ether oxygens (including phenoxy) is 3. The summed E-state index contributed by atoms with van der Waals surface area (Å²) < 4.78 is 15.9. The SMILES string of the molecule is C=CCOCC1(C(=O)O)CN(C(=O)OCc2ccccc2)CCO1. The van der Waals surface area contributed by atoms with Crippen molar-refractivity contribution in [2.45, 2.75) is 12.2 Å². The summed E-state index contributed by atoms with van der Waals surface area (Å²) in [5.74, 6) is -1.17. The van der Waals surface area contributed by atoms with Crippen LogP contribution in [0.25, 0.3) is 0 Å². The van der Waals surface area contributed by atoms with Crippen molar-refractivity contribution >= 4 is 12.1 Å². The molecule has 2 rings (SSSR count). The van der Waals surface area contributed by atoms with Crippen molar-refractivity contribution in [3.63, 3.8) is 0 Å². The average molecular weight is 335 g/mol. The molecule has 0 aromatic heterocycles. The zero-order chi connectivity index (χ0) is 17.4. The molecule has 0 aliphatic carbocycles. The molecule has 1 aromatic rings. The fraction of sp³-hybridized carbons (Fsp3) is 0.412. The van der Waals surface area contributed by atoms with Gasteiger partial charge in [0.25, 0.3) is 0 Å². The zero-order valence-electron chi connectivity index (χ0n) is 13.3. The molecule has 1 unspecified atom stereocenters. The van der Waals surface area contributed by atoms with Crippen LogP contribution in [0.15, 0.2) is 43.0 Å². The van der Waals surface area contributed by atoms with Gasteiger partial charge < -0.3 is 24.2 Å². The molecular formula is C17H21NO6. The van der Waals surface area contributed by atoms with Crippen molar-refractivity contribution in [2.24, 2.45) is 0 Å². The summed E-state index contributed by atoms with van der Waals surface area (Å²) in [7, 11) is 0. The Kier molecular flexibility index (Phi) is 6.34. The number of hydrogen-bond acceptors (Lipinski definition) is 5. The highest BCUT2D eigenvalue weighted by atomic mass is 16.6. The van der Waals surface area contributed by atoms with Gasteiger partial charge in [-0.15, -0.1) is 6.58 Å². The maximum absolute atomic E-state index is 12.2. The predicted octanol–water partition coefficient (Wildman–Crippen LogP) is 1.68. The first-order chi connectivity index (χ1) is 11.6. The molecule has 130 valence electrons. The van der Waals surface area contributed by atoms with E-state index in [1.807, 2.05) is 30.3 Å². The van der Waals surface area contributed by atoms with Crippen LogP contribution in [-0.4, -0.2) is 60.6 Å². The molecule has 1 heterocycles. The Labute approximate surface area is 140 Å². The zero-order valence-corrected chi connectivity index (χ0v) is 13.3. The molecule has 0 radical (unpaired) electrons. The number of hydrogen-bond donors (Lipinski definition) is 1. The van der Waals surface area contributed by atoms with Gasteiger partial charge in [0.2, 0.25) is 5.60 Å². The summed E-state index contributed by atoms with van der Waals surface area (Å²) in [6.07, 6.45) is 0.945. The minimum absolute atomic E-state index is 0.101. The van der Waals surface area contributed by atoms with Gasteiger partial charge in [0, 0.05) is 6.54 Å². The van der Waals surface area contributed by atoms with E-state index in [-0.39, 0.29) is 39.5 Å². The summed E-state index contributed by atoms with van der Waals surface area (Å²) >= 11 is 0. The fourth-order valence-electron chi connectivity index (χ4n) is 2.34. The van der Waals surface area contributed by atoms with Gasteiger partial charge in [-0.2, -0.15) is 0 Å². The number of carbonyl (C=O) groups excluding carboxylic acids is 1. The molecule has 7 heteroatoms. The molecule has 0 spiro atoms. The molecular weight excluding hydrogens is 314 g/mol. The lowest BCUT2D eigenvalue weighted by molar-refractivity contribution is -0.186. The second-order valence-electron chi connectivity index (χ2n) is 5.41. The number of benzene rings is 1. The van der Waals surface area contributed by atoms with Crippen LogP contribution in [0, 0.1) is 0 Å². The average Bonchev–Trinajstić information content (AvgIpc) is 2.61. The van der Waals surface area contributed by atoms with Crippen LogP contribution in [0.5, 0.6) is 0 Å². The highest BCUT2D eigenvalue weighted by Crippen LogP contribution is 2.20. The molecule has 24 heavy (non-hydrogen) atoms. The van der Waals surface area contributed by atoms with E-state index in [1.165, 1.54) is 11.0 Å². The number of carboxylic acid groups (broad SMARTS) is 1. The van der Waals surface area contributed by atoms with Gasteiger partial charge in [0.05, 0.1) is 26.4 Å². The van der Waals surface area contributed by atoms with Crippen LogP contribution in [0.2, 0.25) is 0 Å². The van der Waals surface area contributed by atoms with E-state index in [2.05, 4.69) is 6.58 Å². The van der Waals surface area contributed by atoms with Gasteiger partial charge in [-0.25, -0.2) is 9.59 Å². The summed E-state index contributed by atoms with van der Waals surface area (Å²) in [5.41, 5.74) is -0.731. The van der Waals surface area contributed by atoms with Crippen LogP contribution < -0.4 is 0 Å². The number of rotatable bonds is 7. The minimum atomic E-state index is -1.59. The Hall–Kier alpha value is -2.38. The standard InChI is InChI=1S/C17H21NO6/c1-2-9-22-13-17(15(19)20)12-18(8-10-24-17)16(21)23-11-14-6-4-3-5-7-14/h2-7H,1,8-13H2,(H,19,20). The Balaban J connectivity index is 1.95. The Morgan fingerprint density at radius 3 is 2.79 bits per heavy atom. The van der Waals surface area contributed by atoms with Crippen molar-refractivity contribution in [2.75, 3.05) is 32.9 Å². The topological polar surface area (TPSA) is 85.3 Å². The van der Waals surface area contributed by atoms with E-state index in [9.17, 15) is 14.7 Å². The van der Waals surface area contributed by atoms with Gasteiger partial charge in [-0.3, -0.25) is 0 Å². The predicted molar refractivity (Wildman–Crippen MR) is 85.5 cm³/mol. The molecule has 1 aromatic carbocycles. The molecule has 7 nitrogen and oxygen atoms in total. The number of morpholine rings is 1. The molecule has 0 saturated carbocycles. The first kappa shape index (κ1) is 18.0. The Morgan fingerprint density at radius 1 is 1.38 bits per heavy atom. The van der Waals surface area contributed by atoms with Crippen molar-refractivity contribution in [1.82, 2.24) is 4.90 Å². The first-order valence-corrected chi connectivity index (χ1v) is 7.59. The lowest BCUT2D eigenvalue weighted by Gasteiger charge is -2.38. The fourth-order valence-corrected chi connectivity index (χ4v) is 2.34. The number of nitrogens with zero attached hydrogens (tertiary/aromatic N) is 1. The number of aliphatic carboxylic acids is 1. The molecule has 1 aliphatic heterocycles. The second kappa shape index (κ2) is 8.47. The second-order valence-corrected chi connectivity index (χ2v) is 5.41. The van der Waals surface area contributed by atoms with Crippen molar-refractivity contribution in [1.29, 1.82) is 0 Å². The van der Waals surface area contributed by atoms with Crippen molar-refractivity contribution < 1.29 is 28.9 Å². The third-order valence-corrected chi connectivity index (χ3v) is 3.61. The van der Waals surface area contributed by atoms with E-state index in [1.54, 1.807) is 0 Å². The lowest BCUT2D eigenvalue weighted by atomic mass is 10.0. The largest absolute Gasteiger partial charge is 0.479 e. The smallest absolute Gasteiger partial charge is 0.410 e. The minimum Gasteiger partial charge on any atom is -0.479 e. The summed E-state index contributed by atoms with van der Waals surface area (Å²) in [6, 6.07) is 9.26. The monoisotopic (exact) mass is 335 g/mol. The molecule has 1 N–H and O–H groups in total. The first-order valence-electron chi connectivity index (χ1n) is 7.59. The highest BCUT2D eigenvalue weighted by Gasteiger charge is 2.46. The maximum Gasteiger partial charge on any atom is 0.410 e. The molecule has 1 fully saturated rings. The Morgan fingerprint density at radius 2 is 2.12 bits per heavy atom. The summed E-state index contributed by atoms with van der Waals surface area (Å²) in [6.45, 7) is 3.91. The van der Waals surface area contributed by atoms with Crippen LogP contribution in [0.1, 0.15) is 5.56 Å². The molecule has 1 aliphatic rings. The molecule has 1 amide bonds. The van der Waals surface area contributed by atoms with Gasteiger partial charge in [-0.05, 0) is 5.56 Å². The van der Waals surface area contributed by atoms with Crippen LogP contribution >= 0.6 is 0 Å². The summed E-state index contributed by atoms with van der Waals surface area (Å²) in [4.78, 5) is 25.1. The lowest BCUT2D eigenvalue weighted by Crippen LogP contribution is -2.60. The highest BCUT2D eigenvalue weighted by molar-refractivity contribution is 5.79. The number of carbonyl (C=O) groups is 2. The third-order valence-electron chi connectivity index (χ3n) is 3.61. The van der Waals surface area contributed by atoms with Crippen LogP contribution in [0.3, 0.4) is 0 Å². The van der Waals surface area contributed by atoms with Crippen LogP contribution in [-0.2, 0) is 25.6 Å². The van der Waals surface area contributed by atoms with E-state index in [0.29, 0.717) is 0 Å². The van der Waals surface area contributed by atoms with Gasteiger partial charge in [0.1, 0.15) is 6.61 Å². The van der Waals surface area contributed by atoms with Crippen LogP contribution in [0.4, 0.5) is 4.79 Å². The van der Waals surface area contributed by atoms with Gasteiger partial charge in [0.15, 0.2) is 0 Å². The van der Waals surface area contributed by atoms with Crippen molar-refractivity contribution in [3.8, 4) is 0 Å². The van der Waals surface area contributed by atoms with E-state index in [0.717, 1.165) is 5.56 Å². The van der Waals surface area contributed by atoms with Gasteiger partial charge in [-0.1, -0.05) is 36.4 Å². The number of carboxylic acids is 1. The van der Waals surface area contributed by atoms with E-state index in [4.69, 9.17) is 14.2 Å². The maximum atomic E-state index is 12.2. The third kappa shape index (κ3) is 4.56. The molecule has 0 bridgehead atoms.